The van der Waals surface area contributed by atoms with Gasteiger partial charge in [0.2, 0.25) is 5.96 Å². The number of guanidine groups is 1. The van der Waals surface area contributed by atoms with Crippen LogP contribution in [0.15, 0.2) is 34.2 Å². The summed E-state index contributed by atoms with van der Waals surface area (Å²) in [5, 5.41) is 0. The fourth-order valence-electron chi connectivity index (χ4n) is 3.63. The summed E-state index contributed by atoms with van der Waals surface area (Å²) in [6.07, 6.45) is 1.23. The lowest BCUT2D eigenvalue weighted by Crippen LogP contribution is -2.53. The average molecular weight is 391 g/mol. The van der Waals surface area contributed by atoms with E-state index in [1.54, 1.807) is 0 Å². The number of nitrogens with zero attached hydrogens (tertiary/aromatic N) is 4. The van der Waals surface area contributed by atoms with Crippen LogP contribution in [0.25, 0.3) is 0 Å². The van der Waals surface area contributed by atoms with Crippen LogP contribution in [0, 0.1) is 5.92 Å². The van der Waals surface area contributed by atoms with Crippen molar-refractivity contribution in [3.05, 3.63) is 29.8 Å². The predicted octanol–water partition coefficient (Wildman–Crippen LogP) is 3.17. The van der Waals surface area contributed by atoms with Crippen molar-refractivity contribution < 1.29 is 4.21 Å². The van der Waals surface area contributed by atoms with Crippen LogP contribution in [-0.2, 0) is 11.0 Å². The Morgan fingerprint density at radius 3 is 2.30 bits per heavy atom. The van der Waals surface area contributed by atoms with Gasteiger partial charge in [-0.1, -0.05) is 46.2 Å². The molecule has 3 rings (SSSR count). The SMILES string of the molecule is CCC(C)CN1CCN(C2=NCCN2S(=O)c2ccc(C(C)C)cc2)CC1. The first kappa shape index (κ1) is 20.3. The standard InChI is InChI=1S/C21H34N4OS/c1-5-18(4)16-23-12-14-24(15-13-23)21-22-10-11-25(21)27(26)20-8-6-19(7-9-20)17(2)3/h6-9,17-18H,5,10-16H2,1-4H3. The molecule has 0 N–H and O–H groups in total. The first-order valence-electron chi connectivity index (χ1n) is 10.3. The van der Waals surface area contributed by atoms with E-state index in [-0.39, 0.29) is 0 Å². The van der Waals surface area contributed by atoms with Crippen LogP contribution < -0.4 is 0 Å². The topological polar surface area (TPSA) is 39.1 Å². The zero-order chi connectivity index (χ0) is 19.4. The van der Waals surface area contributed by atoms with Gasteiger partial charge >= 0.3 is 0 Å². The highest BCUT2D eigenvalue weighted by molar-refractivity contribution is 7.83. The maximum atomic E-state index is 13.1. The molecule has 5 nitrogen and oxygen atoms in total. The number of hydrogen-bond acceptors (Lipinski definition) is 4. The molecule has 27 heavy (non-hydrogen) atoms. The fourth-order valence-corrected chi connectivity index (χ4v) is 4.82. The smallest absolute Gasteiger partial charge is 0.209 e. The predicted molar refractivity (Wildman–Crippen MR) is 113 cm³/mol. The minimum absolute atomic E-state index is 0.489. The molecular weight excluding hydrogens is 356 g/mol. The van der Waals surface area contributed by atoms with Crippen LogP contribution in [0.2, 0.25) is 0 Å². The largest absolute Gasteiger partial charge is 0.339 e. The molecule has 1 aromatic carbocycles. The third-order valence-electron chi connectivity index (χ3n) is 5.65. The molecule has 1 fully saturated rings. The molecule has 0 aromatic heterocycles. The van der Waals surface area contributed by atoms with Crippen LogP contribution in [-0.4, -0.2) is 70.1 Å². The molecular formula is C21H34N4OS. The second-order valence-corrected chi connectivity index (χ2v) is 9.47. The van der Waals surface area contributed by atoms with Gasteiger partial charge in [0.05, 0.1) is 18.0 Å². The van der Waals surface area contributed by atoms with E-state index < -0.39 is 11.0 Å². The zero-order valence-corrected chi connectivity index (χ0v) is 18.0. The van der Waals surface area contributed by atoms with Crippen LogP contribution >= 0.6 is 0 Å². The van der Waals surface area contributed by atoms with E-state index >= 15 is 0 Å². The van der Waals surface area contributed by atoms with E-state index in [0.29, 0.717) is 5.92 Å². The first-order chi connectivity index (χ1) is 13.0. The lowest BCUT2D eigenvalue weighted by molar-refractivity contribution is 0.157. The molecule has 150 valence electrons. The van der Waals surface area contributed by atoms with Gasteiger partial charge in [0.1, 0.15) is 0 Å². The fraction of sp³-hybridized carbons (Fsp3) is 0.667. The van der Waals surface area contributed by atoms with Crippen molar-refractivity contribution >= 4 is 16.9 Å². The Kier molecular flexibility index (Phi) is 6.93. The lowest BCUT2D eigenvalue weighted by Gasteiger charge is -2.38. The lowest BCUT2D eigenvalue weighted by atomic mass is 10.0. The highest BCUT2D eigenvalue weighted by Crippen LogP contribution is 2.21. The minimum Gasteiger partial charge on any atom is -0.339 e. The number of aliphatic imine (C=N–C) groups is 1. The quantitative estimate of drug-likeness (QED) is 0.749. The molecule has 2 unspecified atom stereocenters. The molecule has 2 atom stereocenters. The van der Waals surface area contributed by atoms with Gasteiger partial charge in [-0.05, 0) is 29.5 Å². The Labute approximate surface area is 167 Å². The van der Waals surface area contributed by atoms with E-state index in [9.17, 15) is 4.21 Å². The summed E-state index contributed by atoms with van der Waals surface area (Å²) in [5.74, 6) is 2.16. The Balaban J connectivity index is 1.61. The van der Waals surface area contributed by atoms with Crippen LogP contribution in [0.5, 0.6) is 0 Å². The number of piperazine rings is 1. The van der Waals surface area contributed by atoms with Crippen LogP contribution in [0.3, 0.4) is 0 Å². The molecule has 0 spiro atoms. The first-order valence-corrected chi connectivity index (χ1v) is 11.4. The van der Waals surface area contributed by atoms with Gasteiger partial charge in [0.15, 0.2) is 11.0 Å². The van der Waals surface area contributed by atoms with E-state index in [2.05, 4.69) is 49.6 Å². The third-order valence-corrected chi connectivity index (χ3v) is 7.07. The van der Waals surface area contributed by atoms with E-state index in [0.717, 1.165) is 56.0 Å². The Morgan fingerprint density at radius 2 is 1.70 bits per heavy atom. The van der Waals surface area contributed by atoms with E-state index in [1.807, 2.05) is 16.4 Å². The number of hydrogen-bond donors (Lipinski definition) is 0. The van der Waals surface area contributed by atoms with Gasteiger partial charge in [0.25, 0.3) is 0 Å². The summed E-state index contributed by atoms with van der Waals surface area (Å²) in [6.45, 7) is 15.6. The van der Waals surface area contributed by atoms with Crippen molar-refractivity contribution in [1.29, 1.82) is 0 Å². The van der Waals surface area contributed by atoms with Gasteiger partial charge in [0, 0.05) is 32.7 Å². The molecule has 1 saturated heterocycles. The average Bonchev–Trinajstić information content (AvgIpc) is 3.17. The van der Waals surface area contributed by atoms with Crippen LogP contribution in [0.4, 0.5) is 0 Å². The molecule has 0 aliphatic carbocycles. The maximum absolute atomic E-state index is 13.1. The molecule has 2 aliphatic rings. The summed E-state index contributed by atoms with van der Waals surface area (Å²) in [4.78, 5) is 10.4. The van der Waals surface area contributed by atoms with Gasteiger partial charge in [-0.2, -0.15) is 0 Å². The Bertz CT molecular complexity index is 665. The normalized spacial score (nSPS) is 20.9. The molecule has 0 bridgehead atoms. The van der Waals surface area contributed by atoms with E-state index in [4.69, 9.17) is 4.99 Å². The minimum atomic E-state index is -1.18. The molecule has 0 saturated carbocycles. The van der Waals surface area contributed by atoms with Crippen molar-refractivity contribution in [2.24, 2.45) is 10.9 Å². The Morgan fingerprint density at radius 1 is 1.04 bits per heavy atom. The summed E-state index contributed by atoms with van der Waals surface area (Å²) in [5.41, 5.74) is 1.28. The van der Waals surface area contributed by atoms with Crippen molar-refractivity contribution in [2.45, 2.75) is 44.9 Å². The molecule has 1 aromatic rings. The second-order valence-electron chi connectivity index (χ2n) is 8.06. The third kappa shape index (κ3) is 4.91. The summed E-state index contributed by atoms with van der Waals surface area (Å²) >= 11 is 0. The van der Waals surface area contributed by atoms with Gasteiger partial charge in [-0.25, -0.2) is 4.21 Å². The van der Waals surface area contributed by atoms with Gasteiger partial charge in [-0.3, -0.25) is 14.2 Å². The molecule has 0 radical (unpaired) electrons. The second kappa shape index (κ2) is 9.20. The van der Waals surface area contributed by atoms with Crippen molar-refractivity contribution in [3.63, 3.8) is 0 Å². The highest BCUT2D eigenvalue weighted by Gasteiger charge is 2.30. The highest BCUT2D eigenvalue weighted by atomic mass is 32.2. The Hall–Kier alpha value is -1.40. The van der Waals surface area contributed by atoms with Crippen molar-refractivity contribution in [1.82, 2.24) is 14.1 Å². The molecule has 2 heterocycles. The molecule has 6 heteroatoms. The van der Waals surface area contributed by atoms with Gasteiger partial charge in [-0.15, -0.1) is 0 Å². The summed E-state index contributed by atoms with van der Waals surface area (Å²) in [6, 6.07) is 8.20. The summed E-state index contributed by atoms with van der Waals surface area (Å²) in [7, 11) is -1.18. The van der Waals surface area contributed by atoms with Crippen LogP contribution in [0.1, 0.15) is 45.6 Å². The molecule has 0 amide bonds. The summed E-state index contributed by atoms with van der Waals surface area (Å²) < 4.78 is 15.1. The zero-order valence-electron chi connectivity index (χ0n) is 17.2. The maximum Gasteiger partial charge on any atom is 0.209 e. The number of benzene rings is 1. The molecule has 2 aliphatic heterocycles. The number of rotatable bonds is 6. The van der Waals surface area contributed by atoms with Crippen molar-refractivity contribution in [2.75, 3.05) is 45.8 Å². The van der Waals surface area contributed by atoms with Crippen molar-refractivity contribution in [3.8, 4) is 0 Å². The van der Waals surface area contributed by atoms with Gasteiger partial charge < -0.3 is 4.90 Å². The van der Waals surface area contributed by atoms with E-state index in [1.165, 1.54) is 18.5 Å². The monoisotopic (exact) mass is 390 g/mol.